The van der Waals surface area contributed by atoms with Crippen LogP contribution in [0.1, 0.15) is 13.8 Å². The van der Waals surface area contributed by atoms with Crippen LogP contribution >= 0.6 is 0 Å². The van der Waals surface area contributed by atoms with E-state index in [-0.39, 0.29) is 6.10 Å². The van der Waals surface area contributed by atoms with Crippen LogP contribution in [0.3, 0.4) is 0 Å². The van der Waals surface area contributed by atoms with E-state index in [2.05, 4.69) is 5.32 Å². The average Bonchev–Trinajstić information content (AvgIpc) is 1.98. The van der Waals surface area contributed by atoms with Crippen LogP contribution in [-0.2, 0) is 9.47 Å². The highest BCUT2D eigenvalue weighted by Crippen LogP contribution is 1.99. The first-order valence-corrected chi connectivity index (χ1v) is 4.79. The van der Waals surface area contributed by atoms with Gasteiger partial charge >= 0.3 is 0 Å². The summed E-state index contributed by atoms with van der Waals surface area (Å²) in [5.41, 5.74) is 0. The lowest BCUT2D eigenvalue weighted by Crippen LogP contribution is -2.49. The topological polar surface area (TPSA) is 50.7 Å². The third kappa shape index (κ3) is 4.57. The maximum atomic E-state index is 9.44. The van der Waals surface area contributed by atoms with Crippen LogP contribution in [0.5, 0.6) is 0 Å². The Kier molecular flexibility index (Phi) is 4.66. The molecule has 4 nitrogen and oxygen atoms in total. The third-order valence-corrected chi connectivity index (χ3v) is 1.90. The molecule has 1 heterocycles. The van der Waals surface area contributed by atoms with Gasteiger partial charge in [-0.25, -0.2) is 0 Å². The van der Waals surface area contributed by atoms with Crippen LogP contribution in [0.15, 0.2) is 0 Å². The minimum atomic E-state index is -0.414. The zero-order valence-electron chi connectivity index (χ0n) is 8.32. The van der Waals surface area contributed by atoms with Gasteiger partial charge in [-0.15, -0.1) is 0 Å². The van der Waals surface area contributed by atoms with Crippen LogP contribution in [0.2, 0.25) is 0 Å². The van der Waals surface area contributed by atoms with Crippen molar-refractivity contribution in [2.75, 3.05) is 26.4 Å². The molecule has 13 heavy (non-hydrogen) atoms. The van der Waals surface area contributed by atoms with Crippen LogP contribution in [0.4, 0.5) is 0 Å². The predicted molar refractivity (Wildman–Crippen MR) is 49.7 cm³/mol. The standard InChI is InChI=1S/C9H19NO3/c1-7(2)13-6-9(11)3-10-8-4-12-5-8/h7-11H,3-6H2,1-2H3. The molecule has 0 aliphatic carbocycles. The average molecular weight is 189 g/mol. The van der Waals surface area contributed by atoms with E-state index in [0.717, 1.165) is 13.2 Å². The Bertz CT molecular complexity index is 137. The van der Waals surface area contributed by atoms with Crippen molar-refractivity contribution in [1.82, 2.24) is 5.32 Å². The Morgan fingerprint density at radius 2 is 2.23 bits per heavy atom. The molecule has 78 valence electrons. The minimum absolute atomic E-state index is 0.182. The van der Waals surface area contributed by atoms with Gasteiger partial charge in [-0.2, -0.15) is 0 Å². The zero-order chi connectivity index (χ0) is 9.68. The number of ether oxygens (including phenoxy) is 2. The molecule has 0 aromatic carbocycles. The van der Waals surface area contributed by atoms with Crippen molar-refractivity contribution >= 4 is 0 Å². The number of rotatable bonds is 6. The van der Waals surface area contributed by atoms with E-state index in [1.807, 2.05) is 13.8 Å². The van der Waals surface area contributed by atoms with Gasteiger partial charge in [0.25, 0.3) is 0 Å². The predicted octanol–water partition coefficient (Wildman–Crippen LogP) is -0.239. The molecule has 0 amide bonds. The molecule has 0 radical (unpaired) electrons. The van der Waals surface area contributed by atoms with Gasteiger partial charge in [0.1, 0.15) is 0 Å². The van der Waals surface area contributed by atoms with Crippen molar-refractivity contribution in [3.63, 3.8) is 0 Å². The van der Waals surface area contributed by atoms with Crippen LogP contribution in [0, 0.1) is 0 Å². The molecule has 1 fully saturated rings. The normalized spacial score (nSPS) is 20.3. The summed E-state index contributed by atoms with van der Waals surface area (Å²) in [6.45, 7) is 6.42. The highest BCUT2D eigenvalue weighted by Gasteiger charge is 2.18. The Balaban J connectivity index is 1.93. The van der Waals surface area contributed by atoms with Gasteiger partial charge in [-0.05, 0) is 13.8 Å². The molecule has 1 aliphatic rings. The smallest absolute Gasteiger partial charge is 0.0897 e. The van der Waals surface area contributed by atoms with E-state index in [0.29, 0.717) is 19.2 Å². The van der Waals surface area contributed by atoms with Gasteiger partial charge in [0.05, 0.1) is 38.1 Å². The van der Waals surface area contributed by atoms with Crippen molar-refractivity contribution in [2.24, 2.45) is 0 Å². The first-order valence-electron chi connectivity index (χ1n) is 4.79. The van der Waals surface area contributed by atoms with Crippen molar-refractivity contribution in [3.05, 3.63) is 0 Å². The van der Waals surface area contributed by atoms with E-state index in [9.17, 15) is 5.11 Å². The molecule has 0 aromatic rings. The molecule has 2 N–H and O–H groups in total. The number of nitrogens with one attached hydrogen (secondary N) is 1. The van der Waals surface area contributed by atoms with Gasteiger partial charge in [0.15, 0.2) is 0 Å². The van der Waals surface area contributed by atoms with Crippen LogP contribution in [-0.4, -0.2) is 49.7 Å². The summed E-state index contributed by atoms with van der Waals surface area (Å²) in [6, 6.07) is 0.425. The lowest BCUT2D eigenvalue weighted by atomic mass is 10.2. The molecule has 1 unspecified atom stereocenters. The Hall–Kier alpha value is -0.160. The fourth-order valence-electron chi connectivity index (χ4n) is 1.02. The molecule has 0 bridgehead atoms. The Morgan fingerprint density at radius 1 is 1.54 bits per heavy atom. The first-order chi connectivity index (χ1) is 6.18. The van der Waals surface area contributed by atoms with Gasteiger partial charge in [-0.1, -0.05) is 0 Å². The highest BCUT2D eigenvalue weighted by molar-refractivity contribution is 4.74. The maximum Gasteiger partial charge on any atom is 0.0897 e. The summed E-state index contributed by atoms with van der Waals surface area (Å²) >= 11 is 0. The molecular formula is C9H19NO3. The largest absolute Gasteiger partial charge is 0.389 e. The fraction of sp³-hybridized carbons (Fsp3) is 1.00. The lowest BCUT2D eigenvalue weighted by molar-refractivity contribution is -0.0232. The molecule has 1 aliphatic heterocycles. The maximum absolute atomic E-state index is 9.44. The molecule has 0 aromatic heterocycles. The summed E-state index contributed by atoms with van der Waals surface area (Å²) in [5, 5.41) is 12.6. The van der Waals surface area contributed by atoms with E-state index in [1.54, 1.807) is 0 Å². The second-order valence-electron chi connectivity index (χ2n) is 3.68. The zero-order valence-corrected chi connectivity index (χ0v) is 8.32. The third-order valence-electron chi connectivity index (χ3n) is 1.90. The molecule has 1 saturated heterocycles. The van der Waals surface area contributed by atoms with Crippen LogP contribution in [0.25, 0.3) is 0 Å². The van der Waals surface area contributed by atoms with E-state index in [1.165, 1.54) is 0 Å². The van der Waals surface area contributed by atoms with Gasteiger partial charge in [-0.3, -0.25) is 0 Å². The van der Waals surface area contributed by atoms with Crippen molar-refractivity contribution in [2.45, 2.75) is 32.1 Å². The number of aliphatic hydroxyl groups is 1. The second kappa shape index (κ2) is 5.54. The van der Waals surface area contributed by atoms with Crippen LogP contribution < -0.4 is 5.32 Å². The SMILES string of the molecule is CC(C)OCC(O)CNC1COC1. The van der Waals surface area contributed by atoms with Crippen molar-refractivity contribution in [3.8, 4) is 0 Å². The van der Waals surface area contributed by atoms with Gasteiger partial charge in [0.2, 0.25) is 0 Å². The van der Waals surface area contributed by atoms with Gasteiger partial charge < -0.3 is 19.9 Å². The summed E-state index contributed by atoms with van der Waals surface area (Å²) < 4.78 is 10.3. The summed E-state index contributed by atoms with van der Waals surface area (Å²) in [5.74, 6) is 0. The molecule has 1 atom stereocenters. The highest BCUT2D eigenvalue weighted by atomic mass is 16.5. The minimum Gasteiger partial charge on any atom is -0.389 e. The molecular weight excluding hydrogens is 170 g/mol. The van der Waals surface area contributed by atoms with Crippen molar-refractivity contribution in [1.29, 1.82) is 0 Å². The Morgan fingerprint density at radius 3 is 2.69 bits per heavy atom. The second-order valence-corrected chi connectivity index (χ2v) is 3.68. The van der Waals surface area contributed by atoms with Gasteiger partial charge in [0, 0.05) is 6.54 Å². The number of hydrogen-bond acceptors (Lipinski definition) is 4. The van der Waals surface area contributed by atoms with Crippen molar-refractivity contribution < 1.29 is 14.6 Å². The molecule has 0 spiro atoms. The molecule has 1 rings (SSSR count). The summed E-state index contributed by atoms with van der Waals surface area (Å²) in [7, 11) is 0. The summed E-state index contributed by atoms with van der Waals surface area (Å²) in [6.07, 6.45) is -0.232. The number of aliphatic hydroxyl groups excluding tert-OH is 1. The summed E-state index contributed by atoms with van der Waals surface area (Å²) in [4.78, 5) is 0. The molecule has 4 heteroatoms. The number of hydrogen-bond donors (Lipinski definition) is 2. The molecule has 0 saturated carbocycles. The van der Waals surface area contributed by atoms with E-state index < -0.39 is 6.10 Å². The monoisotopic (exact) mass is 189 g/mol. The van der Waals surface area contributed by atoms with E-state index >= 15 is 0 Å². The fourth-order valence-corrected chi connectivity index (χ4v) is 1.02. The lowest BCUT2D eigenvalue weighted by Gasteiger charge is -2.28. The quantitative estimate of drug-likeness (QED) is 0.605. The van der Waals surface area contributed by atoms with E-state index in [4.69, 9.17) is 9.47 Å². The Labute approximate surface area is 79.2 Å². The first kappa shape index (κ1) is 10.9.